The molecule has 266 valence electrons. The summed E-state index contributed by atoms with van der Waals surface area (Å²) in [6, 6.07) is 19.3. The molecule has 5 N–H and O–H groups in total. The van der Waals surface area contributed by atoms with Crippen molar-refractivity contribution in [3.8, 4) is 0 Å². The average molecular weight is 678 g/mol. The van der Waals surface area contributed by atoms with Crippen molar-refractivity contribution in [1.82, 2.24) is 10.6 Å². The second kappa shape index (κ2) is 19.5. The molecule has 3 aromatic rings. The Labute approximate surface area is 288 Å². The predicted molar refractivity (Wildman–Crippen MR) is 189 cm³/mol. The third-order valence-electron chi connectivity index (χ3n) is 8.54. The van der Waals surface area contributed by atoms with Gasteiger partial charge in [0, 0.05) is 12.0 Å². The van der Waals surface area contributed by atoms with E-state index >= 15 is 0 Å². The number of nitrogens with zero attached hydrogens (tertiary/aromatic N) is 1. The molecule has 0 heterocycles. The molecule has 0 aromatic heterocycles. The number of rotatable bonds is 19. The predicted octanol–water partition coefficient (Wildman–Crippen LogP) is 5.41. The van der Waals surface area contributed by atoms with Crippen molar-refractivity contribution in [2.45, 2.75) is 97.1 Å². The van der Waals surface area contributed by atoms with Crippen molar-refractivity contribution in [2.75, 3.05) is 11.5 Å². The third-order valence-corrected chi connectivity index (χ3v) is 8.54. The Bertz CT molecular complexity index is 1510. The van der Waals surface area contributed by atoms with E-state index < -0.39 is 54.0 Å². The second-order valence-electron chi connectivity index (χ2n) is 12.9. The number of carbonyl (C=O) groups is 4. The number of carboxylic acids is 1. The number of aliphatic hydroxyl groups excluding tert-OH is 2. The lowest BCUT2D eigenvalue weighted by Gasteiger charge is -2.31. The molecule has 0 spiro atoms. The van der Waals surface area contributed by atoms with Gasteiger partial charge in [-0.2, -0.15) is 0 Å². The monoisotopic (exact) mass is 677 g/mol. The number of amides is 3. The van der Waals surface area contributed by atoms with Crippen molar-refractivity contribution in [3.05, 3.63) is 78.4 Å². The maximum absolute atomic E-state index is 14.0. The summed E-state index contributed by atoms with van der Waals surface area (Å²) < 4.78 is 5.71. The minimum Gasteiger partial charge on any atom is -0.481 e. The maximum atomic E-state index is 14.0. The van der Waals surface area contributed by atoms with Gasteiger partial charge in [0.2, 0.25) is 11.8 Å². The van der Waals surface area contributed by atoms with Gasteiger partial charge in [0.05, 0.1) is 23.8 Å². The minimum absolute atomic E-state index is 0.00256. The standard InChI is InChI=1S/C38H51N3O8/c1-5-6-18-31(36(45)40-32(22-25(2)3)34(43)23-29(20-21-42)37(46)47)39-35(44)26(4)41(38(48)49-24-27-13-8-7-9-14-27)33-19-12-16-28-15-10-11-17-30(28)33/h7-17,19,25-26,29,31-32,34,42-43H,5-6,18,20-24H2,1-4H3,(H,39,44)(H,40,45)(H,46,47)/t26-,29?,31-,32-,34-/m0/s1. The van der Waals surface area contributed by atoms with Crippen molar-refractivity contribution in [1.29, 1.82) is 0 Å². The highest BCUT2D eigenvalue weighted by molar-refractivity contribution is 6.05. The van der Waals surface area contributed by atoms with E-state index in [1.807, 2.05) is 81.4 Å². The van der Waals surface area contributed by atoms with E-state index in [1.54, 1.807) is 19.1 Å². The third kappa shape index (κ3) is 11.6. The maximum Gasteiger partial charge on any atom is 0.415 e. The molecule has 0 aliphatic heterocycles. The van der Waals surface area contributed by atoms with E-state index in [0.717, 1.165) is 22.8 Å². The zero-order chi connectivity index (χ0) is 35.9. The number of hydrogen-bond donors (Lipinski definition) is 5. The number of aliphatic carboxylic acids is 1. The first kappa shape index (κ1) is 39.0. The van der Waals surface area contributed by atoms with Crippen LogP contribution in [-0.4, -0.2) is 70.0 Å². The molecule has 3 rings (SSSR count). The summed E-state index contributed by atoms with van der Waals surface area (Å²) in [6.07, 6.45) is -0.0536. The number of aliphatic hydroxyl groups is 2. The van der Waals surface area contributed by atoms with Gasteiger partial charge in [-0.05, 0) is 55.5 Å². The first-order valence-corrected chi connectivity index (χ1v) is 17.1. The van der Waals surface area contributed by atoms with E-state index in [4.69, 9.17) is 4.74 Å². The molecular formula is C38H51N3O8. The summed E-state index contributed by atoms with van der Waals surface area (Å²) in [6.45, 7) is 7.04. The fourth-order valence-electron chi connectivity index (χ4n) is 5.82. The van der Waals surface area contributed by atoms with Gasteiger partial charge in [0.25, 0.3) is 0 Å². The van der Waals surface area contributed by atoms with Crippen LogP contribution in [0.1, 0.15) is 71.8 Å². The lowest BCUT2D eigenvalue weighted by Crippen LogP contribution is -2.56. The van der Waals surface area contributed by atoms with Gasteiger partial charge in [-0.1, -0.05) is 100 Å². The van der Waals surface area contributed by atoms with Gasteiger partial charge >= 0.3 is 12.1 Å². The van der Waals surface area contributed by atoms with E-state index in [0.29, 0.717) is 24.9 Å². The highest BCUT2D eigenvalue weighted by atomic mass is 16.6. The Morgan fingerprint density at radius 2 is 1.51 bits per heavy atom. The topological polar surface area (TPSA) is 166 Å². The van der Waals surface area contributed by atoms with Crippen LogP contribution in [0.5, 0.6) is 0 Å². The van der Waals surface area contributed by atoms with E-state index in [1.165, 1.54) is 4.90 Å². The number of fused-ring (bicyclic) bond motifs is 1. The quantitative estimate of drug-likeness (QED) is 0.112. The molecule has 1 unspecified atom stereocenters. The van der Waals surface area contributed by atoms with Crippen LogP contribution in [0.15, 0.2) is 72.8 Å². The van der Waals surface area contributed by atoms with Crippen LogP contribution < -0.4 is 15.5 Å². The Hall–Kier alpha value is -4.48. The smallest absolute Gasteiger partial charge is 0.415 e. The van der Waals surface area contributed by atoms with Gasteiger partial charge in [-0.15, -0.1) is 0 Å². The minimum atomic E-state index is -1.19. The summed E-state index contributed by atoms with van der Waals surface area (Å²) in [7, 11) is 0. The fraction of sp³-hybridized carbons (Fsp3) is 0.474. The summed E-state index contributed by atoms with van der Waals surface area (Å²) in [5.74, 6) is -3.15. The van der Waals surface area contributed by atoms with Crippen LogP contribution in [-0.2, 0) is 25.7 Å². The number of benzene rings is 3. The highest BCUT2D eigenvalue weighted by Gasteiger charge is 2.34. The van der Waals surface area contributed by atoms with Gasteiger partial charge < -0.3 is 30.7 Å². The normalized spacial score (nSPS) is 14.3. The molecular weight excluding hydrogens is 626 g/mol. The van der Waals surface area contributed by atoms with E-state index in [9.17, 15) is 34.5 Å². The Balaban J connectivity index is 1.87. The number of carbonyl (C=O) groups excluding carboxylic acids is 3. The number of ether oxygens (including phenoxy) is 1. The van der Waals surface area contributed by atoms with Gasteiger partial charge in [0.15, 0.2) is 0 Å². The molecule has 0 fully saturated rings. The Morgan fingerprint density at radius 1 is 0.837 bits per heavy atom. The van der Waals surface area contributed by atoms with Gasteiger partial charge in [-0.3, -0.25) is 19.3 Å². The molecule has 0 saturated heterocycles. The lowest BCUT2D eigenvalue weighted by atomic mass is 9.90. The highest BCUT2D eigenvalue weighted by Crippen LogP contribution is 2.29. The van der Waals surface area contributed by atoms with E-state index in [2.05, 4.69) is 10.6 Å². The van der Waals surface area contributed by atoms with Crippen LogP contribution in [0.4, 0.5) is 10.5 Å². The van der Waals surface area contributed by atoms with Crippen molar-refractivity contribution >= 4 is 40.3 Å². The zero-order valence-electron chi connectivity index (χ0n) is 28.9. The second-order valence-corrected chi connectivity index (χ2v) is 12.9. The molecule has 11 heteroatoms. The average Bonchev–Trinajstić information content (AvgIpc) is 3.08. The summed E-state index contributed by atoms with van der Waals surface area (Å²) in [5, 5.41) is 37.2. The number of nitrogens with one attached hydrogen (secondary N) is 2. The van der Waals surface area contributed by atoms with Crippen LogP contribution in [0.2, 0.25) is 0 Å². The van der Waals surface area contributed by atoms with Crippen molar-refractivity contribution in [3.63, 3.8) is 0 Å². The summed E-state index contributed by atoms with van der Waals surface area (Å²) >= 11 is 0. The van der Waals surface area contributed by atoms with Gasteiger partial charge in [0.1, 0.15) is 18.7 Å². The molecule has 49 heavy (non-hydrogen) atoms. The largest absolute Gasteiger partial charge is 0.481 e. The fourth-order valence-corrected chi connectivity index (χ4v) is 5.82. The number of carboxylic acid groups (broad SMARTS) is 1. The molecule has 0 aliphatic rings. The SMILES string of the molecule is CCCC[C@H](NC(=O)[C@H](C)N(C(=O)OCc1ccccc1)c1cccc2ccccc12)C(=O)N[C@@H](CC(C)C)[C@@H](O)CC(CCO)C(=O)O. The lowest BCUT2D eigenvalue weighted by molar-refractivity contribution is -0.143. The van der Waals surface area contributed by atoms with Crippen molar-refractivity contribution < 1.29 is 39.2 Å². The molecule has 11 nitrogen and oxygen atoms in total. The summed E-state index contributed by atoms with van der Waals surface area (Å²) in [5.41, 5.74) is 1.26. The number of anilines is 1. The number of unbranched alkanes of at least 4 members (excludes halogenated alkanes) is 1. The molecule has 0 aliphatic carbocycles. The van der Waals surface area contributed by atoms with Crippen LogP contribution in [0, 0.1) is 11.8 Å². The van der Waals surface area contributed by atoms with Crippen LogP contribution in [0.25, 0.3) is 10.8 Å². The van der Waals surface area contributed by atoms with E-state index in [-0.39, 0.29) is 32.0 Å². The molecule has 0 saturated carbocycles. The Kier molecular flexibility index (Phi) is 15.5. The van der Waals surface area contributed by atoms with Crippen LogP contribution >= 0.6 is 0 Å². The zero-order valence-corrected chi connectivity index (χ0v) is 28.9. The number of hydrogen-bond acceptors (Lipinski definition) is 7. The first-order chi connectivity index (χ1) is 23.5. The first-order valence-electron chi connectivity index (χ1n) is 17.1. The molecule has 3 amide bonds. The Morgan fingerprint density at radius 3 is 2.16 bits per heavy atom. The molecule has 5 atom stereocenters. The molecule has 0 bridgehead atoms. The van der Waals surface area contributed by atoms with Crippen LogP contribution in [0.3, 0.4) is 0 Å². The summed E-state index contributed by atoms with van der Waals surface area (Å²) in [4.78, 5) is 54.5. The van der Waals surface area contributed by atoms with Gasteiger partial charge in [-0.25, -0.2) is 4.79 Å². The molecule has 0 radical (unpaired) electrons. The molecule has 3 aromatic carbocycles. The van der Waals surface area contributed by atoms with Crippen molar-refractivity contribution in [2.24, 2.45) is 11.8 Å².